The first-order chi connectivity index (χ1) is 10.1. The average molecular weight is 354 g/mol. The molecule has 0 aliphatic rings. The number of halogens is 2. The highest BCUT2D eigenvalue weighted by Crippen LogP contribution is 2.37. The maximum atomic E-state index is 14.3. The molecule has 0 spiro atoms. The zero-order valence-corrected chi connectivity index (χ0v) is 13.7. The van der Waals surface area contributed by atoms with E-state index in [1.807, 2.05) is 18.2 Å². The Morgan fingerprint density at radius 3 is 2.43 bits per heavy atom. The van der Waals surface area contributed by atoms with Gasteiger partial charge in [-0.05, 0) is 37.4 Å². The molecule has 21 heavy (non-hydrogen) atoms. The molecule has 0 aromatic heterocycles. The van der Waals surface area contributed by atoms with E-state index < -0.39 is 0 Å². The number of benzene rings is 2. The van der Waals surface area contributed by atoms with Gasteiger partial charge in [-0.2, -0.15) is 0 Å². The molecule has 2 rings (SSSR count). The van der Waals surface area contributed by atoms with E-state index in [-0.39, 0.29) is 11.9 Å². The zero-order valence-electron chi connectivity index (χ0n) is 12.1. The summed E-state index contributed by atoms with van der Waals surface area (Å²) in [5.74, 6) is 0.856. The summed E-state index contributed by atoms with van der Waals surface area (Å²) in [4.78, 5) is 0. The fourth-order valence-electron chi connectivity index (χ4n) is 2.36. The Balaban J connectivity index is 2.63. The van der Waals surface area contributed by atoms with E-state index in [0.29, 0.717) is 17.1 Å². The van der Waals surface area contributed by atoms with Crippen LogP contribution in [0.15, 0.2) is 40.9 Å². The lowest BCUT2D eigenvalue weighted by Gasteiger charge is -2.22. The monoisotopic (exact) mass is 353 g/mol. The Hall–Kier alpha value is -1.59. The quantitative estimate of drug-likeness (QED) is 0.883. The first kappa shape index (κ1) is 15.8. The van der Waals surface area contributed by atoms with Crippen molar-refractivity contribution in [2.45, 2.75) is 6.04 Å². The van der Waals surface area contributed by atoms with Gasteiger partial charge in [0.25, 0.3) is 0 Å². The summed E-state index contributed by atoms with van der Waals surface area (Å²) in [6, 6.07) is 10.0. The number of ether oxygens (including phenoxy) is 2. The van der Waals surface area contributed by atoms with Crippen molar-refractivity contribution in [3.63, 3.8) is 0 Å². The number of methoxy groups -OCH3 is 2. The second-order valence-electron chi connectivity index (χ2n) is 4.46. The molecule has 0 aliphatic carbocycles. The topological polar surface area (TPSA) is 30.5 Å². The van der Waals surface area contributed by atoms with Crippen LogP contribution in [0.1, 0.15) is 17.2 Å². The first-order valence-corrected chi connectivity index (χ1v) is 7.24. The van der Waals surface area contributed by atoms with Crippen molar-refractivity contribution >= 4 is 15.9 Å². The minimum atomic E-state index is -0.381. The lowest BCUT2D eigenvalue weighted by molar-refractivity contribution is 0.390. The van der Waals surface area contributed by atoms with Crippen LogP contribution in [0.5, 0.6) is 11.5 Å². The Morgan fingerprint density at radius 2 is 1.81 bits per heavy atom. The van der Waals surface area contributed by atoms with Crippen LogP contribution in [0.2, 0.25) is 0 Å². The summed E-state index contributed by atoms with van der Waals surface area (Å²) >= 11 is 3.44. The summed E-state index contributed by atoms with van der Waals surface area (Å²) in [7, 11) is 4.90. The molecule has 1 N–H and O–H groups in total. The highest BCUT2D eigenvalue weighted by Gasteiger charge is 2.23. The molecule has 1 atom stereocenters. The van der Waals surface area contributed by atoms with Gasteiger partial charge in [-0.15, -0.1) is 0 Å². The van der Waals surface area contributed by atoms with Crippen LogP contribution in [0.4, 0.5) is 4.39 Å². The van der Waals surface area contributed by atoms with Crippen molar-refractivity contribution in [2.24, 2.45) is 0 Å². The van der Waals surface area contributed by atoms with Crippen molar-refractivity contribution in [1.82, 2.24) is 5.32 Å². The zero-order chi connectivity index (χ0) is 15.4. The Labute approximate surface area is 132 Å². The first-order valence-electron chi connectivity index (χ1n) is 6.45. The van der Waals surface area contributed by atoms with Gasteiger partial charge in [-0.1, -0.05) is 22.0 Å². The Bertz CT molecular complexity index is 634. The smallest absolute Gasteiger partial charge is 0.132 e. The summed E-state index contributed by atoms with van der Waals surface area (Å²) in [6.07, 6.45) is 0. The normalized spacial score (nSPS) is 12.0. The predicted molar refractivity (Wildman–Crippen MR) is 84.5 cm³/mol. The average Bonchev–Trinajstić information content (AvgIpc) is 2.49. The molecule has 5 heteroatoms. The maximum absolute atomic E-state index is 14.3. The summed E-state index contributed by atoms with van der Waals surface area (Å²) in [5, 5.41) is 3.13. The molecule has 0 radical (unpaired) electrons. The van der Waals surface area contributed by atoms with Gasteiger partial charge in [0.1, 0.15) is 17.3 Å². The van der Waals surface area contributed by atoms with Gasteiger partial charge >= 0.3 is 0 Å². The van der Waals surface area contributed by atoms with Gasteiger partial charge in [-0.3, -0.25) is 0 Å². The predicted octanol–water partition coefficient (Wildman–Crippen LogP) is 3.91. The fourth-order valence-corrected chi connectivity index (χ4v) is 2.74. The largest absolute Gasteiger partial charge is 0.496 e. The molecular weight excluding hydrogens is 337 g/mol. The van der Waals surface area contributed by atoms with Gasteiger partial charge in [0.05, 0.1) is 25.8 Å². The molecule has 0 saturated carbocycles. The van der Waals surface area contributed by atoms with Crippen LogP contribution in [0.3, 0.4) is 0 Å². The molecule has 0 saturated heterocycles. The molecule has 112 valence electrons. The fraction of sp³-hybridized carbons (Fsp3) is 0.250. The van der Waals surface area contributed by atoms with Crippen molar-refractivity contribution in [3.05, 3.63) is 57.8 Å². The minimum absolute atomic E-state index is 0.323. The summed E-state index contributed by atoms with van der Waals surface area (Å²) < 4.78 is 25.9. The Kier molecular flexibility index (Phi) is 5.20. The lowest BCUT2D eigenvalue weighted by Crippen LogP contribution is -2.20. The van der Waals surface area contributed by atoms with Crippen molar-refractivity contribution in [2.75, 3.05) is 21.3 Å². The molecule has 2 aromatic carbocycles. The number of nitrogens with one attached hydrogen (secondary N) is 1. The maximum Gasteiger partial charge on any atom is 0.132 e. The van der Waals surface area contributed by atoms with Crippen molar-refractivity contribution in [1.29, 1.82) is 0 Å². The van der Waals surface area contributed by atoms with Gasteiger partial charge in [-0.25, -0.2) is 4.39 Å². The second kappa shape index (κ2) is 6.91. The van der Waals surface area contributed by atoms with E-state index in [9.17, 15) is 4.39 Å². The molecule has 0 bridgehead atoms. The van der Waals surface area contributed by atoms with E-state index >= 15 is 0 Å². The molecule has 2 aromatic rings. The standard InChI is InChI=1S/C16H17BrFNO2/c1-19-16(11-9-10(17)7-8-13(11)20-2)15-12(18)5-4-6-14(15)21-3/h4-9,16,19H,1-3H3. The second-order valence-corrected chi connectivity index (χ2v) is 5.38. The van der Waals surface area contributed by atoms with Crippen LogP contribution < -0.4 is 14.8 Å². The summed E-state index contributed by atoms with van der Waals surface area (Å²) in [6.45, 7) is 0. The number of hydrogen-bond acceptors (Lipinski definition) is 3. The molecule has 0 aliphatic heterocycles. The molecule has 0 amide bonds. The van der Waals surface area contributed by atoms with Gasteiger partial charge in [0.2, 0.25) is 0 Å². The van der Waals surface area contributed by atoms with E-state index in [1.54, 1.807) is 26.3 Å². The van der Waals surface area contributed by atoms with Crippen LogP contribution in [0, 0.1) is 5.82 Å². The molecule has 0 heterocycles. The highest BCUT2D eigenvalue weighted by atomic mass is 79.9. The van der Waals surface area contributed by atoms with E-state index in [1.165, 1.54) is 13.2 Å². The molecule has 3 nitrogen and oxygen atoms in total. The van der Waals surface area contributed by atoms with Crippen molar-refractivity contribution in [3.8, 4) is 11.5 Å². The number of rotatable bonds is 5. The SMILES string of the molecule is CNC(c1cc(Br)ccc1OC)c1c(F)cccc1OC. The molecule has 0 fully saturated rings. The third-order valence-corrected chi connectivity index (χ3v) is 3.81. The minimum Gasteiger partial charge on any atom is -0.496 e. The Morgan fingerprint density at radius 1 is 1.10 bits per heavy atom. The van der Waals surface area contributed by atoms with Crippen LogP contribution in [-0.2, 0) is 0 Å². The highest BCUT2D eigenvalue weighted by molar-refractivity contribution is 9.10. The van der Waals surface area contributed by atoms with E-state index in [4.69, 9.17) is 9.47 Å². The number of hydrogen-bond donors (Lipinski definition) is 1. The van der Waals surface area contributed by atoms with Crippen LogP contribution in [0.25, 0.3) is 0 Å². The molecule has 1 unspecified atom stereocenters. The molecular formula is C16H17BrFNO2. The van der Waals surface area contributed by atoms with Gasteiger partial charge in [0, 0.05) is 10.0 Å². The third-order valence-electron chi connectivity index (χ3n) is 3.31. The van der Waals surface area contributed by atoms with E-state index in [0.717, 1.165) is 10.0 Å². The van der Waals surface area contributed by atoms with Crippen molar-refractivity contribution < 1.29 is 13.9 Å². The van der Waals surface area contributed by atoms with Crippen LogP contribution >= 0.6 is 15.9 Å². The van der Waals surface area contributed by atoms with Gasteiger partial charge < -0.3 is 14.8 Å². The summed E-state index contributed by atoms with van der Waals surface area (Å²) in [5.41, 5.74) is 1.29. The van der Waals surface area contributed by atoms with E-state index in [2.05, 4.69) is 21.2 Å². The van der Waals surface area contributed by atoms with Crippen LogP contribution in [-0.4, -0.2) is 21.3 Å². The van der Waals surface area contributed by atoms with Gasteiger partial charge in [0.15, 0.2) is 0 Å². The lowest BCUT2D eigenvalue weighted by atomic mass is 9.96. The third kappa shape index (κ3) is 3.19.